The Kier molecular flexibility index (Phi) is 4.15. The van der Waals surface area contributed by atoms with E-state index in [-0.39, 0.29) is 16.3 Å². The Morgan fingerprint density at radius 3 is 2.83 bits per heavy atom. The van der Waals surface area contributed by atoms with Gasteiger partial charge in [0.05, 0.1) is 6.61 Å². The molecule has 24 heavy (non-hydrogen) atoms. The first-order valence-corrected chi connectivity index (χ1v) is 8.78. The highest BCUT2D eigenvalue weighted by atomic mass is 32.2. The first-order valence-electron chi connectivity index (χ1n) is 7.30. The Bertz CT molecular complexity index is 908. The number of rotatable bonds is 4. The smallest absolute Gasteiger partial charge is 0.269 e. The lowest BCUT2D eigenvalue weighted by atomic mass is 10.1. The molecule has 2 aromatic rings. The summed E-state index contributed by atoms with van der Waals surface area (Å²) in [5.74, 6) is 0.236. The van der Waals surface area contributed by atoms with E-state index in [2.05, 4.69) is 5.16 Å². The lowest BCUT2D eigenvalue weighted by Crippen LogP contribution is -2.29. The van der Waals surface area contributed by atoms with Crippen molar-refractivity contribution in [2.75, 3.05) is 6.61 Å². The van der Waals surface area contributed by atoms with Crippen LogP contribution in [0.15, 0.2) is 33.7 Å². The van der Waals surface area contributed by atoms with Gasteiger partial charge in [0.2, 0.25) is 0 Å². The van der Waals surface area contributed by atoms with Gasteiger partial charge in [-0.3, -0.25) is 4.79 Å². The summed E-state index contributed by atoms with van der Waals surface area (Å²) in [6, 6.07) is 5.55. The molecule has 0 radical (unpaired) electrons. The largest absolute Gasteiger partial charge is 0.493 e. The van der Waals surface area contributed by atoms with Crippen molar-refractivity contribution in [1.29, 1.82) is 0 Å². The Morgan fingerprint density at radius 2 is 2.12 bits per heavy atom. The molecule has 0 aliphatic carbocycles. The maximum atomic E-state index is 12.2. The van der Waals surface area contributed by atoms with Gasteiger partial charge in [-0.2, -0.15) is 0 Å². The van der Waals surface area contributed by atoms with Crippen LogP contribution in [0.5, 0.6) is 5.75 Å². The molecule has 1 aliphatic heterocycles. The van der Waals surface area contributed by atoms with Crippen LogP contribution in [0, 0.1) is 13.8 Å². The third-order valence-corrected chi connectivity index (χ3v) is 5.20. The summed E-state index contributed by atoms with van der Waals surface area (Å²) in [5.41, 5.74) is 2.07. The molecular weight excluding hydrogens is 332 g/mol. The highest BCUT2D eigenvalue weighted by Crippen LogP contribution is 2.26. The van der Waals surface area contributed by atoms with Crippen LogP contribution in [-0.4, -0.2) is 26.1 Å². The molecule has 0 unspecified atom stereocenters. The van der Waals surface area contributed by atoms with Crippen molar-refractivity contribution in [3.05, 3.63) is 46.9 Å². The van der Waals surface area contributed by atoms with Gasteiger partial charge in [-0.1, -0.05) is 11.2 Å². The number of carbonyl (C=O) groups excluding carboxylic acids is 1. The molecular formula is C16H16N2O5S. The first kappa shape index (κ1) is 16.3. The van der Waals surface area contributed by atoms with Crippen LogP contribution in [0.1, 0.15) is 22.6 Å². The highest BCUT2D eigenvalue weighted by molar-refractivity contribution is 7.90. The normalized spacial score (nSPS) is 13.8. The second-order valence-corrected chi connectivity index (χ2v) is 7.04. The number of benzene rings is 1. The Morgan fingerprint density at radius 1 is 1.33 bits per heavy atom. The first-order chi connectivity index (χ1) is 11.4. The summed E-state index contributed by atoms with van der Waals surface area (Å²) in [6.45, 7) is 3.62. The summed E-state index contributed by atoms with van der Waals surface area (Å²) in [6.07, 6.45) is 3.55. The zero-order chi connectivity index (χ0) is 17.3. The molecule has 7 nitrogen and oxygen atoms in total. The highest BCUT2D eigenvalue weighted by Gasteiger charge is 2.25. The fraction of sp³-hybridized carbons (Fsp3) is 0.250. The molecule has 0 spiro atoms. The van der Waals surface area contributed by atoms with Gasteiger partial charge in [0.25, 0.3) is 15.9 Å². The van der Waals surface area contributed by atoms with Crippen LogP contribution in [0.4, 0.5) is 0 Å². The van der Waals surface area contributed by atoms with Crippen molar-refractivity contribution in [1.82, 2.24) is 9.88 Å². The van der Waals surface area contributed by atoms with Gasteiger partial charge in [-0.15, -0.1) is 0 Å². The van der Waals surface area contributed by atoms with E-state index in [9.17, 15) is 13.2 Å². The number of nitrogens with zero attached hydrogens (tertiary/aromatic N) is 1. The number of hydrogen-bond donors (Lipinski definition) is 1. The maximum absolute atomic E-state index is 12.2. The van der Waals surface area contributed by atoms with Crippen molar-refractivity contribution in [2.24, 2.45) is 0 Å². The van der Waals surface area contributed by atoms with Gasteiger partial charge in [-0.25, -0.2) is 13.1 Å². The molecule has 1 aliphatic rings. The molecule has 0 saturated carbocycles. The van der Waals surface area contributed by atoms with Crippen molar-refractivity contribution in [2.45, 2.75) is 25.2 Å². The minimum absolute atomic E-state index is 0.112. The molecule has 1 amide bonds. The van der Waals surface area contributed by atoms with E-state index in [0.717, 1.165) is 23.3 Å². The number of hydrogen-bond acceptors (Lipinski definition) is 6. The minimum atomic E-state index is -4.02. The van der Waals surface area contributed by atoms with E-state index < -0.39 is 15.9 Å². The van der Waals surface area contributed by atoms with E-state index in [0.29, 0.717) is 6.61 Å². The Hall–Kier alpha value is -2.61. The predicted octanol–water partition coefficient (Wildman–Crippen LogP) is 1.74. The van der Waals surface area contributed by atoms with Crippen molar-refractivity contribution in [3.63, 3.8) is 0 Å². The second-order valence-electron chi connectivity index (χ2n) is 5.42. The number of fused-ring (bicyclic) bond motifs is 1. The summed E-state index contributed by atoms with van der Waals surface area (Å²) in [5, 5.41) is 3.58. The molecule has 8 heteroatoms. The standard InChI is InChI=1S/C16H16N2O5S/c1-10-16(11(2)23-17-10)24(20,21)18-15(19)6-4-12-3-5-14-13(9-12)7-8-22-14/h3-6,9H,7-8H2,1-2H3,(H,18,19)/b6-4+. The zero-order valence-electron chi connectivity index (χ0n) is 13.2. The molecule has 0 saturated heterocycles. The quantitative estimate of drug-likeness (QED) is 0.845. The Balaban J connectivity index is 1.73. The van der Waals surface area contributed by atoms with Crippen molar-refractivity contribution in [3.8, 4) is 5.75 Å². The minimum Gasteiger partial charge on any atom is -0.493 e. The molecule has 1 aromatic carbocycles. The molecule has 1 aromatic heterocycles. The lowest BCUT2D eigenvalue weighted by Gasteiger charge is -2.04. The van der Waals surface area contributed by atoms with E-state index in [1.165, 1.54) is 19.9 Å². The number of ether oxygens (including phenoxy) is 1. The van der Waals surface area contributed by atoms with E-state index >= 15 is 0 Å². The zero-order valence-corrected chi connectivity index (χ0v) is 14.0. The van der Waals surface area contributed by atoms with Crippen LogP contribution < -0.4 is 9.46 Å². The van der Waals surface area contributed by atoms with Crippen LogP contribution in [0.2, 0.25) is 0 Å². The van der Waals surface area contributed by atoms with Gasteiger partial charge in [-0.05, 0) is 43.2 Å². The Labute approximate surface area is 139 Å². The predicted molar refractivity (Wildman–Crippen MR) is 86.0 cm³/mol. The molecule has 2 heterocycles. The molecule has 0 bridgehead atoms. The fourth-order valence-corrected chi connectivity index (χ4v) is 3.83. The molecule has 3 rings (SSSR count). The van der Waals surface area contributed by atoms with Crippen molar-refractivity contribution < 1.29 is 22.5 Å². The number of nitrogens with one attached hydrogen (secondary N) is 1. The average Bonchev–Trinajstić information content (AvgIpc) is 3.10. The lowest BCUT2D eigenvalue weighted by molar-refractivity contribution is -0.114. The summed E-state index contributed by atoms with van der Waals surface area (Å²) in [4.78, 5) is 11.8. The van der Waals surface area contributed by atoms with E-state index in [1.807, 2.05) is 16.9 Å². The van der Waals surface area contributed by atoms with Gasteiger partial charge >= 0.3 is 0 Å². The van der Waals surface area contributed by atoms with Crippen LogP contribution in [0.25, 0.3) is 6.08 Å². The number of sulfonamides is 1. The summed E-state index contributed by atoms with van der Waals surface area (Å²) >= 11 is 0. The van der Waals surface area contributed by atoms with E-state index in [4.69, 9.17) is 9.26 Å². The van der Waals surface area contributed by atoms with Crippen molar-refractivity contribution >= 4 is 22.0 Å². The van der Waals surface area contributed by atoms with Gasteiger partial charge in [0.1, 0.15) is 11.4 Å². The van der Waals surface area contributed by atoms with Gasteiger partial charge < -0.3 is 9.26 Å². The third kappa shape index (κ3) is 3.18. The maximum Gasteiger partial charge on any atom is 0.269 e. The molecule has 0 fully saturated rings. The number of aromatic nitrogens is 1. The number of amides is 1. The average molecular weight is 348 g/mol. The fourth-order valence-electron chi connectivity index (χ4n) is 2.56. The topological polar surface area (TPSA) is 98.5 Å². The summed E-state index contributed by atoms with van der Waals surface area (Å²) in [7, 11) is -4.02. The summed E-state index contributed by atoms with van der Waals surface area (Å²) < 4.78 is 36.7. The van der Waals surface area contributed by atoms with Crippen LogP contribution in [0.3, 0.4) is 0 Å². The van der Waals surface area contributed by atoms with Crippen LogP contribution in [-0.2, 0) is 21.2 Å². The monoisotopic (exact) mass is 348 g/mol. The number of carbonyl (C=O) groups is 1. The molecule has 126 valence electrons. The van der Waals surface area contributed by atoms with Gasteiger partial charge in [0.15, 0.2) is 10.7 Å². The van der Waals surface area contributed by atoms with Crippen LogP contribution >= 0.6 is 0 Å². The SMILES string of the molecule is Cc1noc(C)c1S(=O)(=O)NC(=O)/C=C/c1ccc2c(c1)CCO2. The van der Waals surface area contributed by atoms with Gasteiger partial charge in [0, 0.05) is 12.5 Å². The molecule has 0 atom stereocenters. The number of aryl methyl sites for hydroxylation is 2. The second kappa shape index (κ2) is 6.12. The van der Waals surface area contributed by atoms with E-state index in [1.54, 1.807) is 12.1 Å². The third-order valence-electron chi connectivity index (χ3n) is 3.61. The molecule has 1 N–H and O–H groups in total.